The maximum Gasteiger partial charge on any atom is 0.256 e. The number of carbonyl (C=O) groups excluding carboxylic acids is 1. The van der Waals surface area contributed by atoms with Crippen LogP contribution in [0.1, 0.15) is 35.7 Å². The molecule has 0 aliphatic carbocycles. The molecule has 0 spiro atoms. The van der Waals surface area contributed by atoms with Crippen LogP contribution < -0.4 is 15.0 Å². The van der Waals surface area contributed by atoms with Crippen LogP contribution in [0.4, 0.5) is 17.3 Å². The molecule has 4 rings (SSSR count). The Hall–Kier alpha value is -3.61. The monoisotopic (exact) mass is 431 g/mol. The third kappa shape index (κ3) is 4.23. The van der Waals surface area contributed by atoms with Gasteiger partial charge in [-0.25, -0.2) is 9.97 Å². The summed E-state index contributed by atoms with van der Waals surface area (Å²) < 4.78 is 5.29. The Morgan fingerprint density at radius 1 is 1.22 bits per heavy atom. The Bertz CT molecular complexity index is 1130. The van der Waals surface area contributed by atoms with Gasteiger partial charge in [0.1, 0.15) is 5.75 Å². The zero-order valence-corrected chi connectivity index (χ0v) is 19.1. The summed E-state index contributed by atoms with van der Waals surface area (Å²) in [6.45, 7) is 3.66. The zero-order valence-electron chi connectivity index (χ0n) is 19.1. The van der Waals surface area contributed by atoms with E-state index in [-0.39, 0.29) is 5.91 Å². The first kappa shape index (κ1) is 21.6. The molecule has 0 saturated carbocycles. The van der Waals surface area contributed by atoms with E-state index in [0.717, 1.165) is 58.9 Å². The van der Waals surface area contributed by atoms with Gasteiger partial charge in [-0.2, -0.15) is 0 Å². The van der Waals surface area contributed by atoms with Gasteiger partial charge in [0, 0.05) is 56.4 Å². The largest absolute Gasteiger partial charge is 0.497 e. The number of methoxy groups -OCH3 is 1. The van der Waals surface area contributed by atoms with Gasteiger partial charge in [0.05, 0.1) is 18.4 Å². The zero-order chi connectivity index (χ0) is 22.7. The number of nitrogens with zero attached hydrogens (tertiary/aromatic N) is 4. The van der Waals surface area contributed by atoms with Crippen molar-refractivity contribution in [3.8, 4) is 17.0 Å². The molecule has 0 bridgehead atoms. The van der Waals surface area contributed by atoms with E-state index in [2.05, 4.69) is 35.2 Å². The SMILES string of the molecule is CCCCN(C)c1ccc(-c2ccnc(Nc3cccc(OC)c3)n2)c2c1C(=O)N(C)C2. The highest BCUT2D eigenvalue weighted by molar-refractivity contribution is 6.05. The number of hydrogen-bond acceptors (Lipinski definition) is 6. The predicted molar refractivity (Wildman–Crippen MR) is 128 cm³/mol. The quantitative estimate of drug-likeness (QED) is 0.557. The molecule has 1 aliphatic heterocycles. The fraction of sp³-hybridized carbons (Fsp3) is 0.320. The molecule has 7 heteroatoms. The lowest BCUT2D eigenvalue weighted by Gasteiger charge is -2.22. The van der Waals surface area contributed by atoms with Crippen LogP contribution in [0, 0.1) is 0 Å². The molecular formula is C25H29N5O2. The predicted octanol–water partition coefficient (Wildman–Crippen LogP) is 4.72. The second-order valence-electron chi connectivity index (χ2n) is 8.04. The maximum absolute atomic E-state index is 13.0. The lowest BCUT2D eigenvalue weighted by molar-refractivity contribution is 0.0817. The van der Waals surface area contributed by atoms with E-state index in [0.29, 0.717) is 12.5 Å². The Morgan fingerprint density at radius 3 is 2.84 bits per heavy atom. The number of hydrogen-bond donors (Lipinski definition) is 1. The van der Waals surface area contributed by atoms with Crippen molar-refractivity contribution in [2.75, 3.05) is 38.0 Å². The third-order valence-corrected chi connectivity index (χ3v) is 5.76. The third-order valence-electron chi connectivity index (χ3n) is 5.76. The molecule has 1 aliphatic rings. The van der Waals surface area contributed by atoms with Crippen molar-refractivity contribution < 1.29 is 9.53 Å². The van der Waals surface area contributed by atoms with Crippen molar-refractivity contribution in [1.29, 1.82) is 0 Å². The van der Waals surface area contributed by atoms with Crippen LogP contribution in [0.5, 0.6) is 5.75 Å². The second kappa shape index (κ2) is 9.26. The standard InChI is InChI=1S/C25H29N5O2/c1-5-6-14-29(2)22-11-10-19(20-16-30(3)24(31)23(20)22)21-12-13-26-25(28-21)27-17-8-7-9-18(15-17)32-4/h7-13,15H,5-6,14,16H2,1-4H3,(H,26,27,28). The first-order valence-corrected chi connectivity index (χ1v) is 10.9. The van der Waals surface area contributed by atoms with Crippen molar-refractivity contribution in [1.82, 2.24) is 14.9 Å². The van der Waals surface area contributed by atoms with E-state index in [1.807, 2.05) is 43.4 Å². The Labute approximate surface area is 189 Å². The van der Waals surface area contributed by atoms with Gasteiger partial charge < -0.3 is 19.9 Å². The fourth-order valence-corrected chi connectivity index (χ4v) is 4.01. The van der Waals surface area contributed by atoms with Gasteiger partial charge in [-0.15, -0.1) is 0 Å². The molecule has 0 radical (unpaired) electrons. The summed E-state index contributed by atoms with van der Waals surface area (Å²) in [5.74, 6) is 1.31. The van der Waals surface area contributed by atoms with E-state index in [1.54, 1.807) is 18.2 Å². The highest BCUT2D eigenvalue weighted by Crippen LogP contribution is 2.37. The molecule has 2 aromatic carbocycles. The van der Waals surface area contributed by atoms with Gasteiger partial charge in [-0.3, -0.25) is 4.79 Å². The summed E-state index contributed by atoms with van der Waals surface area (Å²) in [5.41, 5.74) is 5.37. The van der Waals surface area contributed by atoms with Crippen LogP contribution in [0.15, 0.2) is 48.7 Å². The van der Waals surface area contributed by atoms with E-state index in [1.165, 1.54) is 0 Å². The number of amides is 1. The first-order chi connectivity index (χ1) is 15.5. The number of unbranched alkanes of at least 4 members (excludes halogenated alkanes) is 1. The van der Waals surface area contributed by atoms with Gasteiger partial charge in [0.25, 0.3) is 5.91 Å². The summed E-state index contributed by atoms with van der Waals surface area (Å²) in [7, 11) is 5.54. The summed E-state index contributed by atoms with van der Waals surface area (Å²) in [5, 5.41) is 3.24. The molecule has 0 fully saturated rings. The topological polar surface area (TPSA) is 70.6 Å². The molecule has 32 heavy (non-hydrogen) atoms. The second-order valence-corrected chi connectivity index (χ2v) is 8.04. The molecule has 1 aromatic heterocycles. The normalized spacial score (nSPS) is 12.6. The highest BCUT2D eigenvalue weighted by Gasteiger charge is 2.31. The molecule has 1 N–H and O–H groups in total. The Kier molecular flexibility index (Phi) is 6.25. The molecule has 0 unspecified atom stereocenters. The van der Waals surface area contributed by atoms with Crippen LogP contribution in [0.25, 0.3) is 11.3 Å². The Balaban J connectivity index is 1.70. The number of ether oxygens (including phenoxy) is 1. The van der Waals surface area contributed by atoms with Crippen molar-refractivity contribution in [3.05, 3.63) is 59.8 Å². The average molecular weight is 432 g/mol. The molecule has 2 heterocycles. The smallest absolute Gasteiger partial charge is 0.256 e. The minimum absolute atomic E-state index is 0.0592. The maximum atomic E-state index is 13.0. The van der Waals surface area contributed by atoms with Gasteiger partial charge in [0.2, 0.25) is 5.95 Å². The number of rotatable bonds is 8. The number of fused-ring (bicyclic) bond motifs is 1. The molecule has 0 saturated heterocycles. The van der Waals surface area contributed by atoms with Crippen molar-refractivity contribution in [2.24, 2.45) is 0 Å². The molecule has 1 amide bonds. The summed E-state index contributed by atoms with van der Waals surface area (Å²) in [4.78, 5) is 26.0. The van der Waals surface area contributed by atoms with Crippen LogP contribution in [-0.4, -0.2) is 48.5 Å². The summed E-state index contributed by atoms with van der Waals surface area (Å²) >= 11 is 0. The Morgan fingerprint density at radius 2 is 2.06 bits per heavy atom. The van der Waals surface area contributed by atoms with Crippen LogP contribution in [0.3, 0.4) is 0 Å². The minimum atomic E-state index is 0.0592. The van der Waals surface area contributed by atoms with Crippen LogP contribution in [0.2, 0.25) is 0 Å². The van der Waals surface area contributed by atoms with E-state index >= 15 is 0 Å². The number of nitrogens with one attached hydrogen (secondary N) is 1. The molecule has 0 atom stereocenters. The van der Waals surface area contributed by atoms with E-state index < -0.39 is 0 Å². The van der Waals surface area contributed by atoms with Crippen molar-refractivity contribution >= 4 is 23.2 Å². The summed E-state index contributed by atoms with van der Waals surface area (Å²) in [6, 6.07) is 13.6. The molecule has 7 nitrogen and oxygen atoms in total. The number of anilines is 3. The molecule has 3 aromatic rings. The number of aromatic nitrogens is 2. The van der Waals surface area contributed by atoms with E-state index in [4.69, 9.17) is 9.72 Å². The summed E-state index contributed by atoms with van der Waals surface area (Å²) in [6.07, 6.45) is 3.93. The highest BCUT2D eigenvalue weighted by atomic mass is 16.5. The van der Waals surface area contributed by atoms with Crippen LogP contribution >= 0.6 is 0 Å². The lowest BCUT2D eigenvalue weighted by Crippen LogP contribution is -2.23. The molecule has 166 valence electrons. The fourth-order valence-electron chi connectivity index (χ4n) is 4.01. The van der Waals surface area contributed by atoms with Crippen molar-refractivity contribution in [2.45, 2.75) is 26.3 Å². The lowest BCUT2D eigenvalue weighted by atomic mass is 9.98. The molecular weight excluding hydrogens is 402 g/mol. The minimum Gasteiger partial charge on any atom is -0.497 e. The first-order valence-electron chi connectivity index (χ1n) is 10.9. The number of carbonyl (C=O) groups is 1. The van der Waals surface area contributed by atoms with E-state index in [9.17, 15) is 4.79 Å². The van der Waals surface area contributed by atoms with Gasteiger partial charge in [-0.1, -0.05) is 25.5 Å². The average Bonchev–Trinajstić information content (AvgIpc) is 3.11. The van der Waals surface area contributed by atoms with Gasteiger partial charge in [0.15, 0.2) is 0 Å². The van der Waals surface area contributed by atoms with Crippen molar-refractivity contribution in [3.63, 3.8) is 0 Å². The number of benzene rings is 2. The van der Waals surface area contributed by atoms with Gasteiger partial charge in [-0.05, 0) is 36.2 Å². The van der Waals surface area contributed by atoms with Gasteiger partial charge >= 0.3 is 0 Å². The van der Waals surface area contributed by atoms with Crippen LogP contribution in [-0.2, 0) is 6.54 Å².